The molecule has 0 radical (unpaired) electrons. The minimum absolute atomic E-state index is 0. The van der Waals surface area contributed by atoms with Crippen LogP contribution in [0.15, 0.2) is 30.3 Å². The van der Waals surface area contributed by atoms with Gasteiger partial charge in [-0.15, -0.1) is 12.4 Å². The molecule has 1 heterocycles. The molecule has 0 aromatic heterocycles. The molecule has 1 saturated heterocycles. The lowest BCUT2D eigenvalue weighted by atomic mass is 9.99. The van der Waals surface area contributed by atoms with Crippen molar-refractivity contribution in [3.05, 3.63) is 35.9 Å². The Bertz CT molecular complexity index is 369. The van der Waals surface area contributed by atoms with Crippen LogP contribution in [0.3, 0.4) is 0 Å². The van der Waals surface area contributed by atoms with E-state index in [-0.39, 0.29) is 24.2 Å². The van der Waals surface area contributed by atoms with Gasteiger partial charge in [0.2, 0.25) is 0 Å². The van der Waals surface area contributed by atoms with E-state index in [0.29, 0.717) is 6.54 Å². The molecule has 2 unspecified atom stereocenters. The van der Waals surface area contributed by atoms with Gasteiger partial charge in [-0.3, -0.25) is 9.69 Å². The Balaban J connectivity index is 0.00000144. The Morgan fingerprint density at radius 1 is 1.35 bits per heavy atom. The second-order valence-corrected chi connectivity index (χ2v) is 4.60. The summed E-state index contributed by atoms with van der Waals surface area (Å²) in [6.07, 6.45) is 0. The smallest absolute Gasteiger partial charge is 0.308 e. The maximum Gasteiger partial charge on any atom is 0.308 e. The minimum atomic E-state index is -0.664. The molecule has 0 amide bonds. The Morgan fingerprint density at radius 2 is 2.00 bits per heavy atom. The molecule has 1 N–H and O–H groups in total. The Morgan fingerprint density at radius 3 is 2.53 bits per heavy atom. The van der Waals surface area contributed by atoms with Crippen molar-refractivity contribution in [2.75, 3.05) is 13.1 Å². The fourth-order valence-electron chi connectivity index (χ4n) is 2.36. The van der Waals surface area contributed by atoms with Gasteiger partial charge in [0, 0.05) is 19.6 Å². The number of halogens is 1. The molecule has 1 aliphatic heterocycles. The maximum absolute atomic E-state index is 11.0. The van der Waals surface area contributed by atoms with Crippen LogP contribution >= 0.6 is 12.4 Å². The van der Waals surface area contributed by atoms with E-state index in [0.717, 1.165) is 13.1 Å². The van der Waals surface area contributed by atoms with Gasteiger partial charge in [-0.1, -0.05) is 37.3 Å². The quantitative estimate of drug-likeness (QED) is 0.901. The van der Waals surface area contributed by atoms with Crippen LogP contribution in [0, 0.1) is 11.8 Å². The maximum atomic E-state index is 11.0. The standard InChI is InChI=1S/C13H17NO2.ClH/c1-10-7-14(9-12(10)13(15)16)8-11-5-3-2-4-6-11;/h2-6,10,12H,7-9H2,1H3,(H,15,16);1H. The molecule has 2 rings (SSSR count). The van der Waals surface area contributed by atoms with Crippen molar-refractivity contribution in [3.63, 3.8) is 0 Å². The van der Waals surface area contributed by atoms with Crippen molar-refractivity contribution in [3.8, 4) is 0 Å². The molecule has 4 heteroatoms. The number of likely N-dealkylation sites (tertiary alicyclic amines) is 1. The number of carboxylic acids is 1. The van der Waals surface area contributed by atoms with Crippen LogP contribution in [0.4, 0.5) is 0 Å². The van der Waals surface area contributed by atoms with E-state index in [2.05, 4.69) is 17.0 Å². The fourth-order valence-corrected chi connectivity index (χ4v) is 2.36. The summed E-state index contributed by atoms with van der Waals surface area (Å²) in [5.74, 6) is -0.618. The molecule has 1 aliphatic rings. The van der Waals surface area contributed by atoms with Crippen LogP contribution in [0.5, 0.6) is 0 Å². The first-order valence-corrected chi connectivity index (χ1v) is 5.66. The highest BCUT2D eigenvalue weighted by atomic mass is 35.5. The van der Waals surface area contributed by atoms with Gasteiger partial charge in [-0.05, 0) is 11.5 Å². The van der Waals surface area contributed by atoms with E-state index in [1.54, 1.807) is 0 Å². The predicted octanol–water partition coefficient (Wildman–Crippen LogP) is 2.26. The number of aliphatic carboxylic acids is 1. The van der Waals surface area contributed by atoms with Gasteiger partial charge in [0.05, 0.1) is 5.92 Å². The third-order valence-corrected chi connectivity index (χ3v) is 3.25. The highest BCUT2D eigenvalue weighted by molar-refractivity contribution is 5.85. The molecule has 1 aromatic carbocycles. The summed E-state index contributed by atoms with van der Waals surface area (Å²) in [6, 6.07) is 10.2. The van der Waals surface area contributed by atoms with Crippen LogP contribution in [-0.4, -0.2) is 29.1 Å². The van der Waals surface area contributed by atoms with E-state index in [9.17, 15) is 4.79 Å². The summed E-state index contributed by atoms with van der Waals surface area (Å²) < 4.78 is 0. The number of carbonyl (C=O) groups is 1. The number of carboxylic acid groups (broad SMARTS) is 1. The van der Waals surface area contributed by atoms with E-state index in [1.807, 2.05) is 25.1 Å². The highest BCUT2D eigenvalue weighted by Gasteiger charge is 2.34. The van der Waals surface area contributed by atoms with Crippen LogP contribution in [0.25, 0.3) is 0 Å². The lowest BCUT2D eigenvalue weighted by molar-refractivity contribution is -0.142. The van der Waals surface area contributed by atoms with Crippen molar-refractivity contribution in [1.82, 2.24) is 4.90 Å². The van der Waals surface area contributed by atoms with Gasteiger partial charge in [-0.2, -0.15) is 0 Å². The summed E-state index contributed by atoms with van der Waals surface area (Å²) >= 11 is 0. The lowest BCUT2D eigenvalue weighted by Gasteiger charge is -2.14. The zero-order valence-electron chi connectivity index (χ0n) is 9.87. The summed E-state index contributed by atoms with van der Waals surface area (Å²) in [6.45, 7) is 4.43. The molecule has 0 bridgehead atoms. The van der Waals surface area contributed by atoms with E-state index in [4.69, 9.17) is 5.11 Å². The average molecular weight is 256 g/mol. The van der Waals surface area contributed by atoms with Gasteiger partial charge in [0.25, 0.3) is 0 Å². The molecule has 17 heavy (non-hydrogen) atoms. The van der Waals surface area contributed by atoms with Gasteiger partial charge in [-0.25, -0.2) is 0 Å². The van der Waals surface area contributed by atoms with Gasteiger partial charge in [0.1, 0.15) is 0 Å². The molecule has 2 atom stereocenters. The SMILES string of the molecule is CC1CN(Cc2ccccc2)CC1C(=O)O.Cl. The Kier molecular flexibility index (Phi) is 4.97. The topological polar surface area (TPSA) is 40.5 Å². The highest BCUT2D eigenvalue weighted by Crippen LogP contribution is 2.24. The van der Waals surface area contributed by atoms with Crippen LogP contribution in [-0.2, 0) is 11.3 Å². The molecule has 1 fully saturated rings. The van der Waals surface area contributed by atoms with Gasteiger partial charge in [0.15, 0.2) is 0 Å². The van der Waals surface area contributed by atoms with Crippen molar-refractivity contribution < 1.29 is 9.90 Å². The van der Waals surface area contributed by atoms with Gasteiger partial charge >= 0.3 is 5.97 Å². The monoisotopic (exact) mass is 255 g/mol. The predicted molar refractivity (Wildman–Crippen MR) is 69.3 cm³/mol. The zero-order chi connectivity index (χ0) is 11.5. The molecular weight excluding hydrogens is 238 g/mol. The van der Waals surface area contributed by atoms with Crippen LogP contribution in [0.1, 0.15) is 12.5 Å². The summed E-state index contributed by atoms with van der Waals surface area (Å²) in [5.41, 5.74) is 1.25. The zero-order valence-corrected chi connectivity index (χ0v) is 10.7. The second kappa shape index (κ2) is 6.03. The number of benzene rings is 1. The normalized spacial score (nSPS) is 24.3. The van der Waals surface area contributed by atoms with Crippen molar-refractivity contribution in [2.45, 2.75) is 13.5 Å². The fraction of sp³-hybridized carbons (Fsp3) is 0.462. The Labute approximate surface area is 108 Å². The molecule has 0 spiro atoms. The van der Waals surface area contributed by atoms with Crippen molar-refractivity contribution in [2.24, 2.45) is 11.8 Å². The first-order chi connectivity index (χ1) is 7.66. The molecule has 0 aliphatic carbocycles. The number of hydrogen-bond acceptors (Lipinski definition) is 2. The first-order valence-electron chi connectivity index (χ1n) is 5.66. The molecule has 3 nitrogen and oxygen atoms in total. The first kappa shape index (κ1) is 14.0. The second-order valence-electron chi connectivity index (χ2n) is 4.60. The lowest BCUT2D eigenvalue weighted by Crippen LogP contribution is -2.23. The van der Waals surface area contributed by atoms with Crippen molar-refractivity contribution >= 4 is 18.4 Å². The summed E-state index contributed by atoms with van der Waals surface area (Å²) in [5, 5.41) is 9.04. The van der Waals surface area contributed by atoms with Crippen LogP contribution in [0.2, 0.25) is 0 Å². The Hall–Kier alpha value is -1.06. The number of hydrogen-bond donors (Lipinski definition) is 1. The third kappa shape index (κ3) is 3.45. The molecular formula is C13H18ClNO2. The minimum Gasteiger partial charge on any atom is -0.481 e. The molecule has 94 valence electrons. The van der Waals surface area contributed by atoms with Gasteiger partial charge < -0.3 is 5.11 Å². The van der Waals surface area contributed by atoms with E-state index in [1.165, 1.54) is 5.56 Å². The number of rotatable bonds is 3. The third-order valence-electron chi connectivity index (χ3n) is 3.25. The summed E-state index contributed by atoms with van der Waals surface area (Å²) in [4.78, 5) is 13.2. The number of nitrogens with zero attached hydrogens (tertiary/aromatic N) is 1. The molecule has 1 aromatic rings. The van der Waals surface area contributed by atoms with E-state index < -0.39 is 5.97 Å². The van der Waals surface area contributed by atoms with Crippen LogP contribution < -0.4 is 0 Å². The largest absolute Gasteiger partial charge is 0.481 e. The average Bonchev–Trinajstić information content (AvgIpc) is 2.61. The summed E-state index contributed by atoms with van der Waals surface area (Å²) in [7, 11) is 0. The molecule has 0 saturated carbocycles. The van der Waals surface area contributed by atoms with Crippen molar-refractivity contribution in [1.29, 1.82) is 0 Å². The van der Waals surface area contributed by atoms with E-state index >= 15 is 0 Å².